The highest BCUT2D eigenvalue weighted by Gasteiger charge is 2.38. The van der Waals surface area contributed by atoms with Crippen LogP contribution in [0.3, 0.4) is 0 Å². The minimum absolute atomic E-state index is 0.299. The average Bonchev–Trinajstić information content (AvgIpc) is 3.48. The first kappa shape index (κ1) is 27.2. The van der Waals surface area contributed by atoms with E-state index in [1.165, 1.54) is 27.3 Å². The van der Waals surface area contributed by atoms with Crippen molar-refractivity contribution in [3.63, 3.8) is 0 Å². The second-order valence-corrected chi connectivity index (χ2v) is 14.2. The highest BCUT2D eigenvalue weighted by molar-refractivity contribution is 7.01. The fourth-order valence-electron chi connectivity index (χ4n) is 5.34. The molecule has 0 aliphatic rings. The summed E-state index contributed by atoms with van der Waals surface area (Å²) in [5.41, 5.74) is 2.58. The Hall–Kier alpha value is -3.89. The smallest absolute Gasteiger partial charge is 0.233 e. The van der Waals surface area contributed by atoms with Crippen molar-refractivity contribution in [2.24, 2.45) is 5.92 Å². The minimum atomic E-state index is -1.89. The van der Waals surface area contributed by atoms with Gasteiger partial charge in [0, 0.05) is 18.6 Å². The van der Waals surface area contributed by atoms with Crippen molar-refractivity contribution in [1.82, 2.24) is 9.55 Å². The van der Waals surface area contributed by atoms with Gasteiger partial charge in [0.2, 0.25) is 6.71 Å². The van der Waals surface area contributed by atoms with Gasteiger partial charge in [-0.05, 0) is 12.0 Å². The third kappa shape index (κ3) is 6.90. The van der Waals surface area contributed by atoms with Gasteiger partial charge in [-0.3, -0.25) is 0 Å². The molecule has 0 atom stereocenters. The Morgan fingerprint density at radius 2 is 1.18 bits per heavy atom. The van der Waals surface area contributed by atoms with Crippen LogP contribution < -0.4 is 21.3 Å². The van der Waals surface area contributed by atoms with Crippen molar-refractivity contribution in [2.75, 3.05) is 0 Å². The SMILES string of the molecule is C=CB(c1ccccc1)c1ccccc1.CC(C)C[Si](Cn1ccnc1)(c1ccccc1)c1ccccc1. The third-order valence-electron chi connectivity index (χ3n) is 6.97. The summed E-state index contributed by atoms with van der Waals surface area (Å²) in [6.45, 7) is 8.88. The summed E-state index contributed by atoms with van der Waals surface area (Å²) in [5.74, 6) is 2.65. The topological polar surface area (TPSA) is 17.8 Å². The van der Waals surface area contributed by atoms with E-state index >= 15 is 0 Å². The Labute approximate surface area is 229 Å². The first-order valence-electron chi connectivity index (χ1n) is 13.4. The van der Waals surface area contributed by atoms with Gasteiger partial charge >= 0.3 is 0 Å². The van der Waals surface area contributed by atoms with Crippen LogP contribution in [-0.2, 0) is 6.17 Å². The van der Waals surface area contributed by atoms with E-state index in [1.54, 1.807) is 0 Å². The van der Waals surface area contributed by atoms with E-state index < -0.39 is 8.07 Å². The van der Waals surface area contributed by atoms with E-state index in [4.69, 9.17) is 0 Å². The second kappa shape index (κ2) is 13.6. The fourth-order valence-corrected chi connectivity index (χ4v) is 10.5. The summed E-state index contributed by atoms with van der Waals surface area (Å²) in [5, 5.41) is 3.02. The van der Waals surface area contributed by atoms with Crippen LogP contribution in [0.15, 0.2) is 153 Å². The molecule has 38 heavy (non-hydrogen) atoms. The summed E-state index contributed by atoms with van der Waals surface area (Å²) in [4.78, 5) is 4.26. The van der Waals surface area contributed by atoms with Crippen LogP contribution in [0, 0.1) is 5.92 Å². The molecule has 0 saturated carbocycles. The van der Waals surface area contributed by atoms with Crippen LogP contribution in [-0.4, -0.2) is 24.3 Å². The summed E-state index contributed by atoms with van der Waals surface area (Å²) in [7, 11) is -1.89. The molecule has 0 aliphatic carbocycles. The Bertz CT molecular complexity index is 1260. The highest BCUT2D eigenvalue weighted by atomic mass is 28.3. The van der Waals surface area contributed by atoms with Gasteiger partial charge in [-0.25, -0.2) is 4.98 Å². The maximum absolute atomic E-state index is 4.26. The molecule has 0 N–H and O–H groups in total. The van der Waals surface area contributed by atoms with Crippen LogP contribution in [0.4, 0.5) is 0 Å². The monoisotopic (exact) mass is 512 g/mol. The van der Waals surface area contributed by atoms with E-state index in [-0.39, 0.29) is 0 Å². The number of benzene rings is 4. The standard InChI is InChI=1S/C20H24N2Si.C14H13B/c1-18(2)15-23(17-22-14-13-21-16-22,19-9-5-3-6-10-19)20-11-7-4-8-12-20;1-2-15(13-9-5-3-6-10-13)14-11-7-4-8-12-14/h3-14,16,18H,15,17H2,1-2H3;2-12H,1H2. The van der Waals surface area contributed by atoms with Crippen LogP contribution in [0.1, 0.15) is 13.8 Å². The zero-order valence-electron chi connectivity index (χ0n) is 22.5. The molecule has 0 spiro atoms. The number of nitrogens with zero attached hydrogens (tertiary/aromatic N) is 2. The number of rotatable bonds is 9. The highest BCUT2D eigenvalue weighted by Crippen LogP contribution is 2.20. The molecule has 0 saturated heterocycles. The average molecular weight is 513 g/mol. The Balaban J connectivity index is 0.000000194. The molecule has 0 bridgehead atoms. The molecule has 1 aromatic heterocycles. The molecule has 4 aromatic carbocycles. The molecule has 0 fully saturated rings. The molecule has 2 nitrogen and oxygen atoms in total. The van der Waals surface area contributed by atoms with Gasteiger partial charge in [-0.2, -0.15) is 0 Å². The van der Waals surface area contributed by atoms with Crippen LogP contribution >= 0.6 is 0 Å². The van der Waals surface area contributed by atoms with E-state index in [0.717, 1.165) is 6.17 Å². The summed E-state index contributed by atoms with van der Waals surface area (Å²) < 4.78 is 2.26. The zero-order chi connectivity index (χ0) is 26.6. The Kier molecular flexibility index (Phi) is 9.72. The Morgan fingerprint density at radius 3 is 1.55 bits per heavy atom. The second-order valence-electron chi connectivity index (χ2n) is 10.2. The van der Waals surface area contributed by atoms with Crippen molar-refractivity contribution in [3.05, 3.63) is 153 Å². The first-order valence-corrected chi connectivity index (χ1v) is 15.8. The van der Waals surface area contributed by atoms with Crippen LogP contribution in [0.25, 0.3) is 0 Å². The summed E-state index contributed by atoms with van der Waals surface area (Å²) >= 11 is 0. The van der Waals surface area contributed by atoms with Gasteiger partial charge in [-0.1, -0.05) is 156 Å². The van der Waals surface area contributed by atoms with E-state index in [1.807, 2.05) is 30.6 Å². The van der Waals surface area contributed by atoms with Crippen LogP contribution in [0.2, 0.25) is 6.04 Å². The van der Waals surface area contributed by atoms with E-state index in [0.29, 0.717) is 12.6 Å². The van der Waals surface area contributed by atoms with Crippen molar-refractivity contribution in [3.8, 4) is 0 Å². The molecular formula is C34H37BN2Si. The molecule has 4 heteroatoms. The molecule has 0 radical (unpaired) electrons. The number of hydrogen-bond acceptors (Lipinski definition) is 1. The first-order chi connectivity index (χ1) is 18.6. The normalized spacial score (nSPS) is 10.9. The summed E-state index contributed by atoms with van der Waals surface area (Å²) in [6.07, 6.45) is 6.96. The van der Waals surface area contributed by atoms with Crippen molar-refractivity contribution in [2.45, 2.75) is 26.1 Å². The molecule has 1 heterocycles. The fraction of sp³-hybridized carbons (Fsp3) is 0.147. The molecule has 0 unspecified atom stereocenters. The third-order valence-corrected chi connectivity index (χ3v) is 12.3. The number of imidazole rings is 1. The predicted octanol–water partition coefficient (Wildman–Crippen LogP) is 5.36. The predicted molar refractivity (Wildman–Crippen MR) is 168 cm³/mol. The maximum atomic E-state index is 4.26. The van der Waals surface area contributed by atoms with E-state index in [9.17, 15) is 0 Å². The van der Waals surface area contributed by atoms with Gasteiger partial charge in [0.25, 0.3) is 0 Å². The maximum Gasteiger partial charge on any atom is 0.233 e. The minimum Gasteiger partial charge on any atom is -0.340 e. The molecule has 5 aromatic rings. The zero-order valence-corrected chi connectivity index (χ0v) is 23.5. The Morgan fingerprint density at radius 1 is 0.737 bits per heavy atom. The van der Waals surface area contributed by atoms with Crippen LogP contribution in [0.5, 0.6) is 0 Å². The molecule has 0 aliphatic heterocycles. The molecule has 5 rings (SSSR count). The quantitative estimate of drug-likeness (QED) is 0.243. The number of aromatic nitrogens is 2. The van der Waals surface area contributed by atoms with Crippen molar-refractivity contribution in [1.29, 1.82) is 0 Å². The summed E-state index contributed by atoms with van der Waals surface area (Å²) in [6, 6.07) is 44.3. The van der Waals surface area contributed by atoms with Crippen molar-refractivity contribution >= 4 is 36.1 Å². The van der Waals surface area contributed by atoms with Crippen molar-refractivity contribution < 1.29 is 0 Å². The number of hydrogen-bond donors (Lipinski definition) is 0. The molecular weight excluding hydrogens is 475 g/mol. The lowest BCUT2D eigenvalue weighted by Gasteiger charge is -2.35. The van der Waals surface area contributed by atoms with Gasteiger partial charge in [0.15, 0.2) is 0 Å². The van der Waals surface area contributed by atoms with E-state index in [2.05, 4.69) is 145 Å². The lowest BCUT2D eigenvalue weighted by Crippen LogP contribution is -2.62. The van der Waals surface area contributed by atoms with Gasteiger partial charge in [-0.15, -0.1) is 12.6 Å². The lowest BCUT2D eigenvalue weighted by molar-refractivity contribution is 0.710. The molecule has 190 valence electrons. The largest absolute Gasteiger partial charge is 0.340 e. The lowest BCUT2D eigenvalue weighted by atomic mass is 9.41. The van der Waals surface area contributed by atoms with Gasteiger partial charge in [0.05, 0.1) is 6.33 Å². The van der Waals surface area contributed by atoms with Gasteiger partial charge < -0.3 is 4.57 Å². The molecule has 0 amide bonds. The van der Waals surface area contributed by atoms with Gasteiger partial charge in [0.1, 0.15) is 8.07 Å².